The van der Waals surface area contributed by atoms with Gasteiger partial charge in [0.05, 0.1) is 4.92 Å². The van der Waals surface area contributed by atoms with E-state index in [9.17, 15) is 14.9 Å². The van der Waals surface area contributed by atoms with Crippen LogP contribution in [-0.4, -0.2) is 16.8 Å². The maximum atomic E-state index is 11.6. The Balaban J connectivity index is 2.17. The lowest BCUT2D eigenvalue weighted by atomic mass is 9.96. The molecule has 0 aromatic heterocycles. The number of nitro groups is 1. The lowest BCUT2D eigenvalue weighted by molar-refractivity contribution is -0.386. The van der Waals surface area contributed by atoms with Gasteiger partial charge in [-0.25, -0.2) is 0 Å². The largest absolute Gasteiger partial charge is 0.476 e. The summed E-state index contributed by atoms with van der Waals surface area (Å²) in [4.78, 5) is 21.9. The number of rotatable bonds is 3. The molecular weight excluding hydrogens is 222 g/mol. The molecule has 0 saturated heterocycles. The van der Waals surface area contributed by atoms with Crippen molar-refractivity contribution in [1.82, 2.24) is 0 Å². The number of carbonyl (C=O) groups is 1. The van der Waals surface area contributed by atoms with E-state index in [-0.39, 0.29) is 17.2 Å². The number of Topliss-reactive ketones (excluding diaryl/α,β-unsaturated/α-hetero) is 1. The van der Waals surface area contributed by atoms with Crippen LogP contribution in [0.1, 0.15) is 25.7 Å². The predicted octanol–water partition coefficient (Wildman–Crippen LogP) is 2.49. The number of hydrogen-bond donors (Lipinski definition) is 0. The number of nitro benzene ring substituents is 1. The van der Waals surface area contributed by atoms with E-state index < -0.39 is 11.0 Å². The van der Waals surface area contributed by atoms with Crippen molar-refractivity contribution in [3.8, 4) is 5.75 Å². The van der Waals surface area contributed by atoms with E-state index in [4.69, 9.17) is 4.74 Å². The van der Waals surface area contributed by atoms with Crippen molar-refractivity contribution in [3.05, 3.63) is 34.4 Å². The molecule has 0 radical (unpaired) electrons. The van der Waals surface area contributed by atoms with Crippen LogP contribution in [0.3, 0.4) is 0 Å². The van der Waals surface area contributed by atoms with E-state index in [2.05, 4.69) is 0 Å². The molecule has 1 atom stereocenters. The summed E-state index contributed by atoms with van der Waals surface area (Å²) in [6.07, 6.45) is 2.44. The van der Waals surface area contributed by atoms with Gasteiger partial charge < -0.3 is 4.74 Å². The Labute approximate surface area is 98.5 Å². The molecule has 17 heavy (non-hydrogen) atoms. The molecule has 1 aliphatic rings. The maximum absolute atomic E-state index is 11.6. The molecule has 0 spiro atoms. The summed E-state index contributed by atoms with van der Waals surface area (Å²) >= 11 is 0. The van der Waals surface area contributed by atoms with Crippen LogP contribution >= 0.6 is 0 Å². The van der Waals surface area contributed by atoms with Crippen molar-refractivity contribution in [2.45, 2.75) is 31.8 Å². The van der Waals surface area contributed by atoms with Gasteiger partial charge in [-0.1, -0.05) is 12.1 Å². The van der Waals surface area contributed by atoms with Crippen LogP contribution in [0, 0.1) is 10.1 Å². The SMILES string of the molecule is O=C1CCCCC1Oc1ccccc1[N+](=O)[O-]. The second-order valence-electron chi connectivity index (χ2n) is 4.04. The Kier molecular flexibility index (Phi) is 3.37. The minimum absolute atomic E-state index is 0.0365. The van der Waals surface area contributed by atoms with Gasteiger partial charge in [-0.15, -0.1) is 0 Å². The second-order valence-corrected chi connectivity index (χ2v) is 4.04. The van der Waals surface area contributed by atoms with Gasteiger partial charge in [0.2, 0.25) is 0 Å². The predicted molar refractivity (Wildman–Crippen MR) is 61.0 cm³/mol. The van der Waals surface area contributed by atoms with Crippen molar-refractivity contribution in [3.63, 3.8) is 0 Å². The first-order chi connectivity index (χ1) is 8.18. The van der Waals surface area contributed by atoms with Crippen molar-refractivity contribution >= 4 is 11.5 Å². The Hall–Kier alpha value is -1.91. The highest BCUT2D eigenvalue weighted by Crippen LogP contribution is 2.29. The van der Waals surface area contributed by atoms with E-state index in [0.717, 1.165) is 12.8 Å². The number of ketones is 1. The normalized spacial score (nSPS) is 20.0. The van der Waals surface area contributed by atoms with Crippen molar-refractivity contribution in [1.29, 1.82) is 0 Å². The number of benzene rings is 1. The van der Waals surface area contributed by atoms with Crippen molar-refractivity contribution < 1.29 is 14.5 Å². The van der Waals surface area contributed by atoms with Crippen molar-refractivity contribution in [2.75, 3.05) is 0 Å². The summed E-state index contributed by atoms with van der Waals surface area (Å²) < 4.78 is 5.47. The summed E-state index contributed by atoms with van der Waals surface area (Å²) in [5.41, 5.74) is -0.0918. The van der Waals surface area contributed by atoms with Gasteiger partial charge in [-0.3, -0.25) is 14.9 Å². The maximum Gasteiger partial charge on any atom is 0.310 e. The molecule has 90 valence electrons. The molecule has 1 fully saturated rings. The fourth-order valence-electron chi connectivity index (χ4n) is 1.94. The van der Waals surface area contributed by atoms with Gasteiger partial charge in [-0.2, -0.15) is 0 Å². The van der Waals surface area contributed by atoms with Gasteiger partial charge in [-0.05, 0) is 25.3 Å². The topological polar surface area (TPSA) is 69.4 Å². The van der Waals surface area contributed by atoms with Crippen LogP contribution in [0.4, 0.5) is 5.69 Å². The third-order valence-corrected chi connectivity index (χ3v) is 2.83. The number of nitrogens with zero attached hydrogens (tertiary/aromatic N) is 1. The van der Waals surface area contributed by atoms with Crippen LogP contribution < -0.4 is 4.74 Å². The van der Waals surface area contributed by atoms with Crippen LogP contribution in [0.15, 0.2) is 24.3 Å². The quantitative estimate of drug-likeness (QED) is 0.596. The van der Waals surface area contributed by atoms with E-state index in [1.165, 1.54) is 12.1 Å². The zero-order chi connectivity index (χ0) is 12.3. The molecule has 0 amide bonds. The summed E-state index contributed by atoms with van der Waals surface area (Å²) in [5, 5.41) is 10.8. The van der Waals surface area contributed by atoms with Crippen LogP contribution in [0.5, 0.6) is 5.75 Å². The highest BCUT2D eigenvalue weighted by Gasteiger charge is 2.26. The zero-order valence-electron chi connectivity index (χ0n) is 9.30. The third kappa shape index (κ3) is 2.61. The highest BCUT2D eigenvalue weighted by molar-refractivity contribution is 5.84. The summed E-state index contributed by atoms with van der Waals surface area (Å²) in [7, 11) is 0. The highest BCUT2D eigenvalue weighted by atomic mass is 16.6. The standard InChI is InChI=1S/C12H13NO4/c14-10-6-2-4-8-12(10)17-11-7-3-1-5-9(11)13(15)16/h1,3,5,7,12H,2,4,6,8H2. The number of para-hydroxylation sites is 2. The Morgan fingerprint density at radius 3 is 2.76 bits per heavy atom. The minimum atomic E-state index is -0.523. The number of carbonyl (C=O) groups excluding carboxylic acids is 1. The summed E-state index contributed by atoms with van der Waals surface area (Å²) in [5.74, 6) is 0.215. The lowest BCUT2D eigenvalue weighted by Gasteiger charge is -2.21. The molecule has 1 aliphatic carbocycles. The van der Waals surface area contributed by atoms with E-state index in [0.29, 0.717) is 12.8 Å². The molecular formula is C12H13NO4. The zero-order valence-corrected chi connectivity index (χ0v) is 9.30. The first-order valence-electron chi connectivity index (χ1n) is 5.61. The monoisotopic (exact) mass is 235 g/mol. The molecule has 5 nitrogen and oxygen atoms in total. The molecule has 1 aromatic carbocycles. The number of ether oxygens (including phenoxy) is 1. The average Bonchev–Trinajstić information content (AvgIpc) is 2.32. The van der Waals surface area contributed by atoms with Crippen molar-refractivity contribution in [2.24, 2.45) is 0 Å². The van der Waals surface area contributed by atoms with E-state index in [1.54, 1.807) is 12.1 Å². The fourth-order valence-corrected chi connectivity index (χ4v) is 1.94. The number of hydrogen-bond acceptors (Lipinski definition) is 4. The molecule has 1 saturated carbocycles. The first kappa shape index (κ1) is 11.6. The molecule has 0 bridgehead atoms. The Morgan fingerprint density at radius 2 is 2.06 bits per heavy atom. The van der Waals surface area contributed by atoms with Crippen LogP contribution in [0.25, 0.3) is 0 Å². The summed E-state index contributed by atoms with van der Waals surface area (Å²) in [6.45, 7) is 0. The summed E-state index contributed by atoms with van der Waals surface area (Å²) in [6, 6.07) is 6.14. The van der Waals surface area contributed by atoms with Gasteiger partial charge in [0, 0.05) is 12.5 Å². The molecule has 1 unspecified atom stereocenters. The molecule has 0 heterocycles. The van der Waals surface area contributed by atoms with Gasteiger partial charge in [0.15, 0.2) is 17.6 Å². The van der Waals surface area contributed by atoms with E-state index in [1.807, 2.05) is 0 Å². The van der Waals surface area contributed by atoms with Gasteiger partial charge >= 0.3 is 5.69 Å². The second kappa shape index (κ2) is 4.95. The van der Waals surface area contributed by atoms with Crippen LogP contribution in [0.2, 0.25) is 0 Å². The molecule has 0 aliphatic heterocycles. The fraction of sp³-hybridized carbons (Fsp3) is 0.417. The lowest BCUT2D eigenvalue weighted by Crippen LogP contribution is -2.30. The Bertz CT molecular complexity index is 444. The van der Waals surface area contributed by atoms with Gasteiger partial charge in [0.25, 0.3) is 0 Å². The smallest absolute Gasteiger partial charge is 0.310 e. The van der Waals surface area contributed by atoms with Crippen LogP contribution in [-0.2, 0) is 4.79 Å². The van der Waals surface area contributed by atoms with E-state index >= 15 is 0 Å². The first-order valence-corrected chi connectivity index (χ1v) is 5.61. The average molecular weight is 235 g/mol. The molecule has 1 aromatic rings. The molecule has 5 heteroatoms. The molecule has 2 rings (SSSR count). The third-order valence-electron chi connectivity index (χ3n) is 2.83. The Morgan fingerprint density at radius 1 is 1.29 bits per heavy atom. The molecule has 0 N–H and O–H groups in total. The minimum Gasteiger partial charge on any atom is -0.476 e. The van der Waals surface area contributed by atoms with Gasteiger partial charge in [0.1, 0.15) is 0 Å².